The van der Waals surface area contributed by atoms with Crippen molar-refractivity contribution in [2.45, 2.75) is 0 Å². The minimum Gasteiger partial charge on any atom is -0.320 e. The van der Waals surface area contributed by atoms with Crippen molar-refractivity contribution in [1.82, 2.24) is 14.4 Å². The maximum absolute atomic E-state index is 12.5. The highest BCUT2D eigenvalue weighted by molar-refractivity contribution is 7.15. The van der Waals surface area contributed by atoms with Gasteiger partial charge in [-0.05, 0) is 12.1 Å². The average Bonchev–Trinajstić information content (AvgIpc) is 3.05. The van der Waals surface area contributed by atoms with Crippen LogP contribution in [0.1, 0.15) is 10.4 Å². The van der Waals surface area contributed by atoms with Gasteiger partial charge in [-0.25, -0.2) is 4.98 Å². The summed E-state index contributed by atoms with van der Waals surface area (Å²) in [6.45, 7) is 0. The molecule has 7 heteroatoms. The number of anilines is 1. The predicted molar refractivity (Wildman–Crippen MR) is 89.0 cm³/mol. The summed E-state index contributed by atoms with van der Waals surface area (Å²) in [6.07, 6.45) is 4.57. The van der Waals surface area contributed by atoms with Gasteiger partial charge in [-0.15, -0.1) is 11.3 Å². The van der Waals surface area contributed by atoms with Crippen molar-refractivity contribution < 1.29 is 4.79 Å². The van der Waals surface area contributed by atoms with E-state index in [-0.39, 0.29) is 11.1 Å². The molecular weight excluding hydrogens is 312 g/mol. The molecular formula is C16H10N4O2S. The summed E-state index contributed by atoms with van der Waals surface area (Å²) in [5.41, 5.74) is 0.840. The van der Waals surface area contributed by atoms with E-state index >= 15 is 0 Å². The molecule has 4 aromatic rings. The Balaban J connectivity index is 1.76. The molecule has 0 aliphatic carbocycles. The third-order valence-corrected chi connectivity index (χ3v) is 4.24. The Kier molecular flexibility index (Phi) is 3.13. The second-order valence-electron chi connectivity index (χ2n) is 4.87. The van der Waals surface area contributed by atoms with E-state index in [1.54, 1.807) is 23.8 Å². The fourth-order valence-corrected chi connectivity index (χ4v) is 3.05. The van der Waals surface area contributed by atoms with Crippen molar-refractivity contribution in [1.29, 1.82) is 0 Å². The van der Waals surface area contributed by atoms with Crippen LogP contribution in [0, 0.1) is 0 Å². The molecule has 0 radical (unpaired) electrons. The zero-order chi connectivity index (χ0) is 15.8. The largest absolute Gasteiger partial charge is 0.320 e. The number of rotatable bonds is 2. The monoisotopic (exact) mass is 322 g/mol. The van der Waals surface area contributed by atoms with E-state index in [9.17, 15) is 9.59 Å². The molecule has 0 saturated carbocycles. The summed E-state index contributed by atoms with van der Waals surface area (Å²) in [4.78, 5) is 33.8. The number of benzene rings is 1. The number of hydrogen-bond donors (Lipinski definition) is 1. The Morgan fingerprint density at radius 2 is 2.04 bits per heavy atom. The lowest BCUT2D eigenvalue weighted by molar-refractivity contribution is 0.102. The minimum atomic E-state index is -0.499. The minimum absolute atomic E-state index is 0.00571. The molecule has 23 heavy (non-hydrogen) atoms. The Hall–Kier alpha value is -3.06. The van der Waals surface area contributed by atoms with Gasteiger partial charge in [0, 0.05) is 29.4 Å². The molecule has 6 nitrogen and oxygen atoms in total. The second kappa shape index (κ2) is 5.29. The number of pyridine rings is 1. The molecule has 0 saturated heterocycles. The first-order valence-electron chi connectivity index (χ1n) is 6.84. The zero-order valence-corrected chi connectivity index (χ0v) is 12.6. The van der Waals surface area contributed by atoms with Crippen LogP contribution in [0.3, 0.4) is 0 Å². The summed E-state index contributed by atoms with van der Waals surface area (Å²) >= 11 is 1.34. The van der Waals surface area contributed by atoms with Crippen LogP contribution in [0.5, 0.6) is 0 Å². The molecule has 3 aromatic heterocycles. The third kappa shape index (κ3) is 2.27. The van der Waals surface area contributed by atoms with E-state index in [0.29, 0.717) is 16.2 Å². The van der Waals surface area contributed by atoms with Gasteiger partial charge in [0.25, 0.3) is 11.5 Å². The van der Waals surface area contributed by atoms with Crippen molar-refractivity contribution in [2.75, 3.05) is 5.32 Å². The quantitative estimate of drug-likeness (QED) is 0.615. The number of carbonyl (C=O) groups excluding carboxylic acids is 1. The van der Waals surface area contributed by atoms with Crippen LogP contribution in [0.2, 0.25) is 0 Å². The van der Waals surface area contributed by atoms with Crippen LogP contribution in [0.25, 0.3) is 15.9 Å². The first kappa shape index (κ1) is 13.6. The van der Waals surface area contributed by atoms with Gasteiger partial charge < -0.3 is 5.32 Å². The van der Waals surface area contributed by atoms with Crippen LogP contribution >= 0.6 is 11.3 Å². The molecule has 0 aliphatic heterocycles. The van der Waals surface area contributed by atoms with E-state index < -0.39 is 5.91 Å². The smallest absolute Gasteiger partial charge is 0.271 e. The van der Waals surface area contributed by atoms with Crippen LogP contribution in [-0.2, 0) is 0 Å². The van der Waals surface area contributed by atoms with Crippen molar-refractivity contribution in [3.63, 3.8) is 0 Å². The van der Waals surface area contributed by atoms with Crippen molar-refractivity contribution >= 4 is 38.8 Å². The number of para-hydroxylation sites is 1. The standard InChI is InChI=1S/C16H10N4O2S/c21-14(11-9-18-16-20(15(11)22)7-8-23-16)19-12-5-1-3-10-4-2-6-17-13(10)12/h1-9H,(H,19,21). The molecule has 112 valence electrons. The molecule has 0 spiro atoms. The number of thiazole rings is 1. The molecule has 4 rings (SSSR count). The number of fused-ring (bicyclic) bond motifs is 2. The summed E-state index contributed by atoms with van der Waals surface area (Å²) in [6, 6.07) is 9.22. The molecule has 1 amide bonds. The highest BCUT2D eigenvalue weighted by atomic mass is 32.1. The highest BCUT2D eigenvalue weighted by Crippen LogP contribution is 2.21. The van der Waals surface area contributed by atoms with E-state index in [2.05, 4.69) is 15.3 Å². The number of nitrogens with one attached hydrogen (secondary N) is 1. The lowest BCUT2D eigenvalue weighted by Gasteiger charge is -2.07. The van der Waals surface area contributed by atoms with Gasteiger partial charge in [-0.1, -0.05) is 18.2 Å². The van der Waals surface area contributed by atoms with Crippen LogP contribution in [0.4, 0.5) is 5.69 Å². The number of nitrogens with zero attached hydrogens (tertiary/aromatic N) is 3. The van der Waals surface area contributed by atoms with Crippen LogP contribution in [-0.4, -0.2) is 20.3 Å². The van der Waals surface area contributed by atoms with Crippen LogP contribution in [0.15, 0.2) is 59.1 Å². The van der Waals surface area contributed by atoms with E-state index in [1.165, 1.54) is 21.9 Å². The maximum atomic E-state index is 12.5. The fraction of sp³-hybridized carbons (Fsp3) is 0. The second-order valence-corrected chi connectivity index (χ2v) is 5.74. The zero-order valence-electron chi connectivity index (χ0n) is 11.8. The van der Waals surface area contributed by atoms with Gasteiger partial charge in [0.2, 0.25) is 0 Å². The van der Waals surface area contributed by atoms with Gasteiger partial charge >= 0.3 is 0 Å². The van der Waals surface area contributed by atoms with Gasteiger partial charge in [0.05, 0.1) is 11.2 Å². The van der Waals surface area contributed by atoms with E-state index in [1.807, 2.05) is 24.3 Å². The molecule has 3 heterocycles. The lowest BCUT2D eigenvalue weighted by Crippen LogP contribution is -2.25. The van der Waals surface area contributed by atoms with Gasteiger partial charge in [0.15, 0.2) is 4.96 Å². The Bertz CT molecular complexity index is 1090. The van der Waals surface area contributed by atoms with Gasteiger partial charge in [-0.3, -0.25) is 19.0 Å². The summed E-state index contributed by atoms with van der Waals surface area (Å²) in [5, 5.41) is 5.41. The SMILES string of the molecule is O=C(Nc1cccc2cccnc12)c1cnc2sccn2c1=O. The number of hydrogen-bond acceptors (Lipinski definition) is 5. The van der Waals surface area contributed by atoms with Crippen molar-refractivity contribution in [3.05, 3.63) is 70.2 Å². The number of amides is 1. The lowest BCUT2D eigenvalue weighted by atomic mass is 10.2. The number of aromatic nitrogens is 3. The van der Waals surface area contributed by atoms with Crippen molar-refractivity contribution in [3.8, 4) is 0 Å². The molecule has 1 N–H and O–H groups in total. The third-order valence-electron chi connectivity index (χ3n) is 3.47. The van der Waals surface area contributed by atoms with Crippen LogP contribution < -0.4 is 10.9 Å². The Labute approximate surface area is 134 Å². The summed E-state index contributed by atoms with van der Waals surface area (Å²) < 4.78 is 1.36. The topological polar surface area (TPSA) is 76.4 Å². The summed E-state index contributed by atoms with van der Waals surface area (Å²) in [7, 11) is 0. The first-order valence-corrected chi connectivity index (χ1v) is 7.72. The summed E-state index contributed by atoms with van der Waals surface area (Å²) in [5.74, 6) is -0.499. The molecule has 0 fully saturated rings. The van der Waals surface area contributed by atoms with E-state index in [4.69, 9.17) is 0 Å². The van der Waals surface area contributed by atoms with Gasteiger partial charge in [-0.2, -0.15) is 0 Å². The molecule has 0 atom stereocenters. The average molecular weight is 322 g/mol. The molecule has 0 bridgehead atoms. The van der Waals surface area contributed by atoms with Gasteiger partial charge in [0.1, 0.15) is 5.56 Å². The molecule has 0 aliphatic rings. The Morgan fingerprint density at radius 1 is 1.17 bits per heavy atom. The fourth-order valence-electron chi connectivity index (χ4n) is 2.38. The molecule has 1 aromatic carbocycles. The molecule has 0 unspecified atom stereocenters. The highest BCUT2D eigenvalue weighted by Gasteiger charge is 2.15. The predicted octanol–water partition coefficient (Wildman–Crippen LogP) is 2.56. The first-order chi connectivity index (χ1) is 11.2. The normalized spacial score (nSPS) is 11.0. The number of carbonyl (C=O) groups is 1. The Morgan fingerprint density at radius 3 is 2.96 bits per heavy atom. The maximum Gasteiger partial charge on any atom is 0.271 e. The van der Waals surface area contributed by atoms with E-state index in [0.717, 1.165) is 5.39 Å². The van der Waals surface area contributed by atoms with Crippen molar-refractivity contribution in [2.24, 2.45) is 0 Å².